The van der Waals surface area contributed by atoms with E-state index < -0.39 is 0 Å². The van der Waals surface area contributed by atoms with Gasteiger partial charge in [-0.1, -0.05) is 41.9 Å². The van der Waals surface area contributed by atoms with Gasteiger partial charge in [0.15, 0.2) is 0 Å². The summed E-state index contributed by atoms with van der Waals surface area (Å²) in [5.41, 5.74) is 1.96. The highest BCUT2D eigenvalue weighted by atomic mass is 79.9. The predicted octanol–water partition coefficient (Wildman–Crippen LogP) is 3.34. The minimum Gasteiger partial charge on any atom is -0.381 e. The maximum absolute atomic E-state index is 11.9. The normalized spacial score (nSPS) is 10.7. The summed E-state index contributed by atoms with van der Waals surface area (Å²) in [6, 6.07) is 7.79. The van der Waals surface area contributed by atoms with Crippen LogP contribution in [0.15, 0.2) is 24.3 Å². The van der Waals surface area contributed by atoms with Crippen molar-refractivity contribution < 1.29 is 9.53 Å². The average Bonchev–Trinajstić information content (AvgIpc) is 2.42. The topological polar surface area (TPSA) is 38.3 Å². The molecule has 0 unspecified atom stereocenters. The fourth-order valence-corrected chi connectivity index (χ4v) is 1.88. The molecule has 0 aliphatic rings. The number of hydrogen-bond acceptors (Lipinski definition) is 2. The van der Waals surface area contributed by atoms with Gasteiger partial charge in [0.2, 0.25) is 0 Å². The van der Waals surface area contributed by atoms with E-state index in [1.807, 2.05) is 24.3 Å². The van der Waals surface area contributed by atoms with E-state index in [4.69, 9.17) is 4.74 Å². The molecule has 1 aromatic carbocycles. The van der Waals surface area contributed by atoms with Crippen molar-refractivity contribution in [2.75, 3.05) is 25.1 Å². The van der Waals surface area contributed by atoms with Crippen molar-refractivity contribution in [3.05, 3.63) is 35.4 Å². The van der Waals surface area contributed by atoms with Crippen LogP contribution in [0.2, 0.25) is 0 Å². The van der Waals surface area contributed by atoms with E-state index in [0.29, 0.717) is 31.2 Å². The van der Waals surface area contributed by atoms with Crippen molar-refractivity contribution in [3.63, 3.8) is 0 Å². The van der Waals surface area contributed by atoms with Crippen LogP contribution in [0.1, 0.15) is 42.1 Å². The van der Waals surface area contributed by atoms with E-state index in [9.17, 15) is 4.79 Å². The first-order chi connectivity index (χ1) is 9.15. The Bertz CT molecular complexity index is 376. The molecule has 1 amide bonds. The molecule has 3 nitrogen and oxygen atoms in total. The van der Waals surface area contributed by atoms with E-state index >= 15 is 0 Å². The number of nitrogens with one attached hydrogen (secondary N) is 1. The molecule has 0 aliphatic heterocycles. The van der Waals surface area contributed by atoms with Crippen LogP contribution < -0.4 is 5.32 Å². The van der Waals surface area contributed by atoms with E-state index in [1.165, 1.54) is 5.56 Å². The van der Waals surface area contributed by atoms with Crippen molar-refractivity contribution in [3.8, 4) is 0 Å². The summed E-state index contributed by atoms with van der Waals surface area (Å²) in [5, 5.41) is 3.74. The molecule has 4 heteroatoms. The van der Waals surface area contributed by atoms with Gasteiger partial charge >= 0.3 is 0 Å². The minimum absolute atomic E-state index is 0.0178. The Balaban J connectivity index is 2.29. The van der Waals surface area contributed by atoms with Crippen molar-refractivity contribution in [1.29, 1.82) is 0 Å². The Labute approximate surface area is 123 Å². The Morgan fingerprint density at radius 2 is 1.95 bits per heavy atom. The fourth-order valence-electron chi connectivity index (χ4n) is 1.65. The maximum atomic E-state index is 11.9. The number of carbonyl (C=O) groups excluding carboxylic acids is 1. The summed E-state index contributed by atoms with van der Waals surface area (Å²) >= 11 is 3.29. The van der Waals surface area contributed by atoms with Crippen molar-refractivity contribution in [1.82, 2.24) is 5.32 Å². The molecule has 0 atom stereocenters. The molecule has 0 aliphatic carbocycles. The molecule has 0 saturated carbocycles. The van der Waals surface area contributed by atoms with Gasteiger partial charge in [-0.05, 0) is 30.0 Å². The molecule has 0 saturated heterocycles. The summed E-state index contributed by atoms with van der Waals surface area (Å²) in [5.74, 6) is 0.472. The van der Waals surface area contributed by atoms with Crippen LogP contribution in [0.25, 0.3) is 0 Å². The number of carbonyl (C=O) groups is 1. The van der Waals surface area contributed by atoms with Gasteiger partial charge in [-0.3, -0.25) is 4.79 Å². The zero-order valence-corrected chi connectivity index (χ0v) is 13.2. The third-order valence-corrected chi connectivity index (χ3v) is 3.14. The standard InChI is InChI=1S/C15H22BrNO2/c1-12(2)13-4-6-14(7-5-13)15(18)17-9-3-10-19-11-8-16/h4-7,12H,3,8-11H2,1-2H3,(H,17,18). The highest BCUT2D eigenvalue weighted by Crippen LogP contribution is 2.14. The summed E-state index contributed by atoms with van der Waals surface area (Å²) in [4.78, 5) is 11.9. The molecule has 0 fully saturated rings. The highest BCUT2D eigenvalue weighted by molar-refractivity contribution is 9.09. The SMILES string of the molecule is CC(C)c1ccc(C(=O)NCCCOCCBr)cc1. The van der Waals surface area contributed by atoms with Gasteiger partial charge in [0, 0.05) is 24.0 Å². The third kappa shape index (κ3) is 6.21. The van der Waals surface area contributed by atoms with Gasteiger partial charge < -0.3 is 10.1 Å². The largest absolute Gasteiger partial charge is 0.381 e. The molecular weight excluding hydrogens is 306 g/mol. The smallest absolute Gasteiger partial charge is 0.251 e. The lowest BCUT2D eigenvalue weighted by atomic mass is 10.0. The van der Waals surface area contributed by atoms with Crippen LogP contribution in [0, 0.1) is 0 Å². The Hall–Kier alpha value is -0.870. The summed E-state index contributed by atoms with van der Waals surface area (Å²) < 4.78 is 5.31. The number of alkyl halides is 1. The van der Waals surface area contributed by atoms with Crippen molar-refractivity contribution in [2.45, 2.75) is 26.2 Å². The maximum Gasteiger partial charge on any atom is 0.251 e. The van der Waals surface area contributed by atoms with Gasteiger partial charge in [-0.2, -0.15) is 0 Å². The van der Waals surface area contributed by atoms with Crippen LogP contribution in [0.4, 0.5) is 0 Å². The molecule has 0 bridgehead atoms. The average molecular weight is 328 g/mol. The van der Waals surface area contributed by atoms with Gasteiger partial charge in [0.25, 0.3) is 5.91 Å². The Kier molecular flexibility index (Phi) is 7.75. The van der Waals surface area contributed by atoms with Crippen LogP contribution in [0.3, 0.4) is 0 Å². The fraction of sp³-hybridized carbons (Fsp3) is 0.533. The van der Waals surface area contributed by atoms with E-state index in [0.717, 1.165) is 11.8 Å². The number of hydrogen-bond donors (Lipinski definition) is 1. The lowest BCUT2D eigenvalue weighted by Crippen LogP contribution is -2.25. The van der Waals surface area contributed by atoms with Gasteiger partial charge in [-0.25, -0.2) is 0 Å². The molecule has 0 spiro atoms. The summed E-state index contributed by atoms with van der Waals surface area (Å²) in [6.45, 7) is 6.32. The molecule has 1 aromatic rings. The summed E-state index contributed by atoms with van der Waals surface area (Å²) in [7, 11) is 0. The summed E-state index contributed by atoms with van der Waals surface area (Å²) in [6.07, 6.45) is 0.836. The van der Waals surface area contributed by atoms with Gasteiger partial charge in [-0.15, -0.1) is 0 Å². The number of halogens is 1. The quantitative estimate of drug-likeness (QED) is 0.587. The first-order valence-corrected chi connectivity index (χ1v) is 7.79. The number of rotatable bonds is 8. The molecule has 1 rings (SSSR count). The van der Waals surface area contributed by atoms with Crippen molar-refractivity contribution in [2.24, 2.45) is 0 Å². The zero-order valence-electron chi connectivity index (χ0n) is 11.6. The molecule has 0 heterocycles. The zero-order chi connectivity index (χ0) is 14.1. The van der Waals surface area contributed by atoms with Crippen LogP contribution >= 0.6 is 15.9 Å². The number of ether oxygens (including phenoxy) is 1. The Morgan fingerprint density at radius 3 is 2.53 bits per heavy atom. The third-order valence-electron chi connectivity index (χ3n) is 2.81. The Morgan fingerprint density at radius 1 is 1.26 bits per heavy atom. The highest BCUT2D eigenvalue weighted by Gasteiger charge is 2.05. The molecule has 0 radical (unpaired) electrons. The molecule has 106 valence electrons. The molecular formula is C15H22BrNO2. The van der Waals surface area contributed by atoms with Crippen LogP contribution in [-0.4, -0.2) is 31.0 Å². The first-order valence-electron chi connectivity index (χ1n) is 6.67. The van der Waals surface area contributed by atoms with Crippen molar-refractivity contribution >= 4 is 21.8 Å². The second-order valence-corrected chi connectivity index (χ2v) is 5.48. The first kappa shape index (κ1) is 16.2. The second-order valence-electron chi connectivity index (χ2n) is 4.69. The lowest BCUT2D eigenvalue weighted by Gasteiger charge is -2.08. The van der Waals surface area contributed by atoms with E-state index in [-0.39, 0.29) is 5.91 Å². The van der Waals surface area contributed by atoms with E-state index in [1.54, 1.807) is 0 Å². The second kappa shape index (κ2) is 9.10. The number of amides is 1. The van der Waals surface area contributed by atoms with Gasteiger partial charge in [0.1, 0.15) is 0 Å². The predicted molar refractivity (Wildman–Crippen MR) is 82.1 cm³/mol. The molecule has 19 heavy (non-hydrogen) atoms. The monoisotopic (exact) mass is 327 g/mol. The van der Waals surface area contributed by atoms with Crippen LogP contribution in [0.5, 0.6) is 0 Å². The number of benzene rings is 1. The minimum atomic E-state index is -0.0178. The lowest BCUT2D eigenvalue weighted by molar-refractivity contribution is 0.0944. The molecule has 0 aromatic heterocycles. The molecule has 1 N–H and O–H groups in total. The van der Waals surface area contributed by atoms with Gasteiger partial charge in [0.05, 0.1) is 6.61 Å². The van der Waals surface area contributed by atoms with E-state index in [2.05, 4.69) is 35.1 Å². The van der Waals surface area contributed by atoms with Crippen LogP contribution in [-0.2, 0) is 4.74 Å².